The molecule has 4 rings (SSSR count). The van der Waals surface area contributed by atoms with Crippen LogP contribution in [0.1, 0.15) is 34.1 Å². The molecule has 0 radical (unpaired) electrons. The van der Waals surface area contributed by atoms with E-state index in [2.05, 4.69) is 31.1 Å². The van der Waals surface area contributed by atoms with Gasteiger partial charge in [0.1, 0.15) is 5.69 Å². The number of rotatable bonds is 3. The van der Waals surface area contributed by atoms with Crippen LogP contribution in [0.5, 0.6) is 0 Å². The van der Waals surface area contributed by atoms with Crippen LogP contribution in [0.25, 0.3) is 10.9 Å². The van der Waals surface area contributed by atoms with Gasteiger partial charge in [-0.2, -0.15) is 5.10 Å². The molecule has 0 atom stereocenters. The van der Waals surface area contributed by atoms with Gasteiger partial charge in [-0.15, -0.1) is 0 Å². The molecule has 0 saturated carbocycles. The van der Waals surface area contributed by atoms with Crippen molar-refractivity contribution in [2.45, 2.75) is 20.8 Å². The van der Waals surface area contributed by atoms with Crippen molar-refractivity contribution in [3.8, 4) is 0 Å². The van der Waals surface area contributed by atoms with Crippen LogP contribution in [-0.2, 0) is 0 Å². The molecule has 1 aromatic heterocycles. The van der Waals surface area contributed by atoms with Crippen LogP contribution >= 0.6 is 0 Å². The van der Waals surface area contributed by atoms with E-state index in [0.717, 1.165) is 33.3 Å². The second kappa shape index (κ2) is 7.24. The molecule has 28 heavy (non-hydrogen) atoms. The first-order valence-electron chi connectivity index (χ1n) is 9.25. The highest BCUT2D eigenvalue weighted by Gasteiger charge is 2.18. The maximum Gasteiger partial charge on any atom is 0.180 e. The van der Waals surface area contributed by atoms with Crippen LogP contribution in [0.15, 0.2) is 77.8 Å². The summed E-state index contributed by atoms with van der Waals surface area (Å²) < 4.78 is 1.78. The number of ketones is 1. The third-order valence-corrected chi connectivity index (χ3v) is 4.81. The first-order valence-corrected chi connectivity index (χ1v) is 9.25. The average molecular weight is 367 g/mol. The van der Waals surface area contributed by atoms with Gasteiger partial charge in [0.25, 0.3) is 0 Å². The zero-order valence-corrected chi connectivity index (χ0v) is 16.2. The van der Waals surface area contributed by atoms with Crippen LogP contribution in [-0.4, -0.2) is 21.4 Å². The predicted molar refractivity (Wildman–Crippen MR) is 114 cm³/mol. The second-order valence-electron chi connectivity index (χ2n) is 6.88. The molecular weight excluding hydrogens is 346 g/mol. The number of aliphatic imine (C=N–C) groups is 1. The number of carbonyl (C=O) groups is 1. The Morgan fingerprint density at radius 1 is 0.857 bits per heavy atom. The Labute approximate surface area is 164 Å². The quantitative estimate of drug-likeness (QED) is 0.273. The summed E-state index contributed by atoms with van der Waals surface area (Å²) in [6.45, 7) is 5.65. The van der Waals surface area contributed by atoms with E-state index in [0.29, 0.717) is 11.5 Å². The number of hydrogen-bond acceptors (Lipinski definition) is 3. The molecule has 0 aliphatic heterocycles. The Bertz CT molecular complexity index is 1180. The lowest BCUT2D eigenvalue weighted by atomic mass is 10.1. The number of carbonyl (C=O) groups excluding carboxylic acids is 1. The molecule has 0 unspecified atom stereocenters. The zero-order valence-electron chi connectivity index (χ0n) is 16.2. The summed E-state index contributed by atoms with van der Waals surface area (Å²) in [4.78, 5) is 17.2. The normalized spacial score (nSPS) is 11.8. The SMILES string of the molecule is CC(=O)c1nn(C(=Nc2c(C)cccc2C)c2ccccc2)c2ccccc12. The van der Waals surface area contributed by atoms with Crippen molar-refractivity contribution in [2.24, 2.45) is 4.99 Å². The fourth-order valence-corrected chi connectivity index (χ4v) is 3.40. The summed E-state index contributed by atoms with van der Waals surface area (Å²) in [7, 11) is 0. The highest BCUT2D eigenvalue weighted by Crippen LogP contribution is 2.26. The summed E-state index contributed by atoms with van der Waals surface area (Å²) in [6.07, 6.45) is 0. The molecular formula is C24H21N3O. The number of para-hydroxylation sites is 2. The summed E-state index contributed by atoms with van der Waals surface area (Å²) in [5, 5.41) is 5.49. The van der Waals surface area contributed by atoms with Gasteiger partial charge in [-0.05, 0) is 31.0 Å². The van der Waals surface area contributed by atoms with E-state index in [9.17, 15) is 4.79 Å². The van der Waals surface area contributed by atoms with Gasteiger partial charge in [-0.1, -0.05) is 66.7 Å². The number of nitrogens with zero attached hydrogens (tertiary/aromatic N) is 3. The summed E-state index contributed by atoms with van der Waals surface area (Å²) >= 11 is 0. The maximum absolute atomic E-state index is 12.2. The molecule has 3 aromatic carbocycles. The largest absolute Gasteiger partial charge is 0.293 e. The van der Waals surface area contributed by atoms with E-state index >= 15 is 0 Å². The Morgan fingerprint density at radius 3 is 2.18 bits per heavy atom. The average Bonchev–Trinajstić information content (AvgIpc) is 3.08. The van der Waals surface area contributed by atoms with E-state index in [4.69, 9.17) is 4.99 Å². The first kappa shape index (κ1) is 17.9. The molecule has 4 heteroatoms. The lowest BCUT2D eigenvalue weighted by Gasteiger charge is -2.11. The Morgan fingerprint density at radius 2 is 1.50 bits per heavy atom. The number of Topliss-reactive ketones (excluding diaryl/α,β-unsaturated/α-hetero) is 1. The van der Waals surface area contributed by atoms with E-state index in [1.165, 1.54) is 0 Å². The molecule has 0 aliphatic rings. The van der Waals surface area contributed by atoms with Gasteiger partial charge in [0.15, 0.2) is 11.6 Å². The molecule has 0 saturated heterocycles. The molecule has 4 aromatic rings. The molecule has 1 heterocycles. The minimum Gasteiger partial charge on any atom is -0.293 e. The zero-order chi connectivity index (χ0) is 19.7. The van der Waals surface area contributed by atoms with Gasteiger partial charge in [0.2, 0.25) is 0 Å². The van der Waals surface area contributed by atoms with Crippen molar-refractivity contribution >= 4 is 28.2 Å². The van der Waals surface area contributed by atoms with Gasteiger partial charge in [0, 0.05) is 17.9 Å². The predicted octanol–water partition coefficient (Wildman–Crippen LogP) is 5.48. The highest BCUT2D eigenvalue weighted by atomic mass is 16.1. The van der Waals surface area contributed by atoms with Crippen molar-refractivity contribution in [2.75, 3.05) is 0 Å². The van der Waals surface area contributed by atoms with Crippen molar-refractivity contribution < 1.29 is 4.79 Å². The minimum atomic E-state index is -0.0607. The number of fused-ring (bicyclic) bond motifs is 1. The van der Waals surface area contributed by atoms with Crippen LogP contribution in [0.3, 0.4) is 0 Å². The third-order valence-electron chi connectivity index (χ3n) is 4.81. The second-order valence-corrected chi connectivity index (χ2v) is 6.88. The molecule has 0 aliphatic carbocycles. The van der Waals surface area contributed by atoms with Crippen LogP contribution in [0, 0.1) is 13.8 Å². The lowest BCUT2D eigenvalue weighted by molar-refractivity contribution is 0.101. The lowest BCUT2D eigenvalue weighted by Crippen LogP contribution is -2.16. The van der Waals surface area contributed by atoms with Gasteiger partial charge >= 0.3 is 0 Å². The van der Waals surface area contributed by atoms with Crippen molar-refractivity contribution in [1.29, 1.82) is 0 Å². The van der Waals surface area contributed by atoms with Crippen LogP contribution in [0.4, 0.5) is 5.69 Å². The minimum absolute atomic E-state index is 0.0607. The standard InChI is InChI=1S/C24H21N3O/c1-16-10-9-11-17(2)22(16)25-24(19-12-5-4-6-13-19)27-21-15-8-7-14-20(21)23(26-27)18(3)28/h4-15H,1-3H3. The van der Waals surface area contributed by atoms with Gasteiger partial charge in [-0.3, -0.25) is 4.79 Å². The molecule has 4 nitrogen and oxygen atoms in total. The molecule has 138 valence electrons. The number of benzene rings is 3. The topological polar surface area (TPSA) is 47.2 Å². The molecule has 0 fully saturated rings. The fourth-order valence-electron chi connectivity index (χ4n) is 3.40. The van der Waals surface area contributed by atoms with E-state index < -0.39 is 0 Å². The van der Waals surface area contributed by atoms with E-state index in [1.54, 1.807) is 11.6 Å². The molecule has 0 amide bonds. The summed E-state index contributed by atoms with van der Waals surface area (Å²) in [5.41, 5.74) is 5.37. The van der Waals surface area contributed by atoms with E-state index in [-0.39, 0.29) is 5.78 Å². The van der Waals surface area contributed by atoms with Crippen LogP contribution < -0.4 is 0 Å². The van der Waals surface area contributed by atoms with Crippen LogP contribution in [0.2, 0.25) is 0 Å². The monoisotopic (exact) mass is 367 g/mol. The fraction of sp³-hybridized carbons (Fsp3) is 0.125. The van der Waals surface area contributed by atoms with E-state index in [1.807, 2.05) is 60.7 Å². The number of aromatic nitrogens is 2. The van der Waals surface area contributed by atoms with Crippen molar-refractivity contribution in [3.05, 3.63) is 95.2 Å². The smallest absolute Gasteiger partial charge is 0.180 e. The number of hydrogen-bond donors (Lipinski definition) is 0. The van der Waals surface area contributed by atoms with Crippen molar-refractivity contribution in [3.63, 3.8) is 0 Å². The summed E-state index contributed by atoms with van der Waals surface area (Å²) in [5.74, 6) is 0.635. The third kappa shape index (κ3) is 3.14. The van der Waals surface area contributed by atoms with Gasteiger partial charge in [0.05, 0.1) is 11.2 Å². The Balaban J connectivity index is 2.05. The molecule has 0 spiro atoms. The Kier molecular flexibility index (Phi) is 4.62. The molecule has 0 N–H and O–H groups in total. The highest BCUT2D eigenvalue weighted by molar-refractivity contribution is 6.11. The van der Waals surface area contributed by atoms with Gasteiger partial charge in [-0.25, -0.2) is 9.67 Å². The molecule has 0 bridgehead atoms. The summed E-state index contributed by atoms with van der Waals surface area (Å²) in [6, 6.07) is 23.9. The van der Waals surface area contributed by atoms with Gasteiger partial charge < -0.3 is 0 Å². The number of aryl methyl sites for hydroxylation is 2. The first-order chi connectivity index (χ1) is 13.6. The van der Waals surface area contributed by atoms with Crippen molar-refractivity contribution in [1.82, 2.24) is 9.78 Å². The Hall–Kier alpha value is -3.53. The maximum atomic E-state index is 12.2.